The summed E-state index contributed by atoms with van der Waals surface area (Å²) in [5.74, 6) is 0.399. The summed E-state index contributed by atoms with van der Waals surface area (Å²) in [6, 6.07) is 13.4. The van der Waals surface area contributed by atoms with Crippen molar-refractivity contribution in [3.63, 3.8) is 0 Å². The second kappa shape index (κ2) is 8.63. The Kier molecular flexibility index (Phi) is 6.65. The third kappa shape index (κ3) is 4.57. The van der Waals surface area contributed by atoms with E-state index in [1.165, 1.54) is 22.5 Å². The van der Waals surface area contributed by atoms with E-state index in [0.717, 1.165) is 22.5 Å². The van der Waals surface area contributed by atoms with Gasteiger partial charge in [0.25, 0.3) is 0 Å². The zero-order chi connectivity index (χ0) is 18.1. The van der Waals surface area contributed by atoms with E-state index in [2.05, 4.69) is 20.2 Å². The molecule has 0 bridgehead atoms. The molecule has 4 rings (SSSR count). The van der Waals surface area contributed by atoms with E-state index in [-0.39, 0.29) is 57.0 Å². The number of benzene rings is 1. The molecular formula is C17H13KN5O2PS. The molecule has 3 aromatic heterocycles. The Morgan fingerprint density at radius 3 is 2.59 bits per heavy atom. The van der Waals surface area contributed by atoms with Gasteiger partial charge < -0.3 is 9.46 Å². The molecule has 4 aromatic rings. The van der Waals surface area contributed by atoms with Crippen molar-refractivity contribution in [3.05, 3.63) is 61.1 Å². The zero-order valence-corrected chi connectivity index (χ0v) is 19.5. The van der Waals surface area contributed by atoms with Crippen molar-refractivity contribution in [2.24, 2.45) is 0 Å². The molecule has 0 saturated carbocycles. The van der Waals surface area contributed by atoms with Crippen LogP contribution in [0.3, 0.4) is 0 Å². The van der Waals surface area contributed by atoms with Crippen molar-refractivity contribution in [1.29, 1.82) is 0 Å². The number of para-hydroxylation sites is 1. The van der Waals surface area contributed by atoms with Gasteiger partial charge in [0.15, 0.2) is 11.4 Å². The number of hydrogen-bond donors (Lipinski definition) is 0. The minimum Gasteiger partial charge on any atom is -0.794 e. The number of rotatable bonds is 4. The fourth-order valence-corrected chi connectivity index (χ4v) is 4.24. The molecule has 3 heterocycles. The molecule has 0 aliphatic rings. The number of pyridine rings is 1. The van der Waals surface area contributed by atoms with Crippen LogP contribution in [-0.4, -0.2) is 31.4 Å². The van der Waals surface area contributed by atoms with Gasteiger partial charge >= 0.3 is 51.4 Å². The summed E-state index contributed by atoms with van der Waals surface area (Å²) in [4.78, 5) is 21.1. The molecule has 130 valence electrons. The first kappa shape index (κ1) is 20.8. The summed E-state index contributed by atoms with van der Waals surface area (Å²) in [6.07, 6.45) is 4.73. The number of nitrogens with zero attached hydrogens (tertiary/aromatic N) is 5. The van der Waals surface area contributed by atoms with Gasteiger partial charge in [-0.05, 0) is 30.9 Å². The van der Waals surface area contributed by atoms with Gasteiger partial charge in [0.1, 0.15) is 5.03 Å². The molecule has 1 atom stereocenters. The number of hydrogen-bond acceptors (Lipinski definition) is 7. The third-order valence-corrected chi connectivity index (χ3v) is 5.70. The first-order chi connectivity index (χ1) is 12.5. The van der Waals surface area contributed by atoms with E-state index in [0.29, 0.717) is 10.8 Å². The topological polar surface area (TPSA) is 96.6 Å². The molecule has 0 aliphatic carbocycles. The average Bonchev–Trinajstić information content (AvgIpc) is 3.13. The molecule has 0 aliphatic heterocycles. The molecule has 0 amide bonds. The standard InChI is InChI=1S/C17H14N5O2PS.K/c1-25(23,24)17-19-10-11-22(17)14-7-8-15(21-20-14)26-13-6-2-4-12-5-3-9-18-16(12)13;/h2-11H,1H3,(H,23,24);/q;+1/p-1. The number of imidazole rings is 1. The summed E-state index contributed by atoms with van der Waals surface area (Å²) in [5.41, 5.74) is 0.867. The summed E-state index contributed by atoms with van der Waals surface area (Å²) in [7, 11) is -3.75. The van der Waals surface area contributed by atoms with Gasteiger partial charge in [-0.25, -0.2) is 4.98 Å². The van der Waals surface area contributed by atoms with Crippen molar-refractivity contribution in [1.82, 2.24) is 24.7 Å². The van der Waals surface area contributed by atoms with Crippen LogP contribution in [0.25, 0.3) is 16.7 Å². The molecule has 1 unspecified atom stereocenters. The van der Waals surface area contributed by atoms with Gasteiger partial charge in [-0.1, -0.05) is 30.0 Å². The molecule has 7 nitrogen and oxygen atoms in total. The Hall–Kier alpha value is -0.904. The Labute approximate surface area is 202 Å². The zero-order valence-electron chi connectivity index (χ0n) is 14.7. The van der Waals surface area contributed by atoms with Crippen LogP contribution >= 0.6 is 19.1 Å². The first-order valence-electron chi connectivity index (χ1n) is 7.70. The molecule has 1 aromatic carbocycles. The molecule has 0 spiro atoms. The predicted molar refractivity (Wildman–Crippen MR) is 98.2 cm³/mol. The second-order valence-corrected chi connectivity index (χ2v) is 8.76. The summed E-state index contributed by atoms with van der Waals surface area (Å²) in [6.45, 7) is 1.14. The van der Waals surface area contributed by atoms with E-state index in [1.54, 1.807) is 24.5 Å². The van der Waals surface area contributed by atoms with Crippen molar-refractivity contribution in [2.75, 3.05) is 6.66 Å². The maximum atomic E-state index is 11.8. The maximum Gasteiger partial charge on any atom is 1.00 e. The van der Waals surface area contributed by atoms with Crippen LogP contribution in [0.5, 0.6) is 0 Å². The van der Waals surface area contributed by atoms with E-state index < -0.39 is 7.37 Å². The fraction of sp³-hybridized carbons (Fsp3) is 0.0588. The average molecular weight is 421 g/mol. The van der Waals surface area contributed by atoms with Crippen molar-refractivity contribution in [3.8, 4) is 5.82 Å². The predicted octanol–water partition coefficient (Wildman–Crippen LogP) is -0.741. The van der Waals surface area contributed by atoms with E-state index in [9.17, 15) is 9.46 Å². The Bertz CT molecular complexity index is 1120. The quantitative estimate of drug-likeness (QED) is 0.316. The van der Waals surface area contributed by atoms with Crippen LogP contribution < -0.4 is 61.8 Å². The maximum absolute atomic E-state index is 11.8. The van der Waals surface area contributed by atoms with Crippen LogP contribution in [0.15, 0.2) is 71.0 Å². The van der Waals surface area contributed by atoms with Gasteiger partial charge in [-0.15, -0.1) is 10.2 Å². The fourth-order valence-electron chi connectivity index (χ4n) is 2.54. The third-order valence-electron chi connectivity index (χ3n) is 3.67. The van der Waals surface area contributed by atoms with Gasteiger partial charge in [0.05, 0.1) is 12.9 Å². The molecule has 0 saturated heterocycles. The van der Waals surface area contributed by atoms with Gasteiger partial charge in [-0.2, -0.15) is 0 Å². The summed E-state index contributed by atoms with van der Waals surface area (Å²) < 4.78 is 13.2. The molecular weight excluding hydrogens is 408 g/mol. The molecule has 0 N–H and O–H groups in total. The largest absolute Gasteiger partial charge is 1.00 e. The number of aromatic nitrogens is 5. The molecule has 0 fully saturated rings. The second-order valence-electron chi connectivity index (χ2n) is 5.61. The van der Waals surface area contributed by atoms with E-state index in [4.69, 9.17) is 0 Å². The summed E-state index contributed by atoms with van der Waals surface area (Å²) >= 11 is 1.46. The van der Waals surface area contributed by atoms with Gasteiger partial charge in [0, 0.05) is 28.9 Å². The minimum absolute atomic E-state index is 0. The summed E-state index contributed by atoms with van der Waals surface area (Å²) in [5, 5.41) is 10.1. The van der Waals surface area contributed by atoms with Crippen LogP contribution in [0.4, 0.5) is 0 Å². The Morgan fingerprint density at radius 1 is 1.04 bits per heavy atom. The normalized spacial score (nSPS) is 13.1. The molecule has 10 heteroatoms. The minimum atomic E-state index is -3.75. The van der Waals surface area contributed by atoms with Crippen LogP contribution in [0.2, 0.25) is 0 Å². The number of fused-ring (bicyclic) bond motifs is 1. The van der Waals surface area contributed by atoms with Crippen LogP contribution in [-0.2, 0) is 4.57 Å². The molecule has 27 heavy (non-hydrogen) atoms. The van der Waals surface area contributed by atoms with E-state index in [1.807, 2.05) is 30.3 Å². The smallest absolute Gasteiger partial charge is 0.794 e. The van der Waals surface area contributed by atoms with Crippen LogP contribution in [0, 0.1) is 0 Å². The van der Waals surface area contributed by atoms with Crippen molar-refractivity contribution >= 4 is 35.6 Å². The first-order valence-corrected chi connectivity index (χ1v) is 10.6. The van der Waals surface area contributed by atoms with Crippen molar-refractivity contribution in [2.45, 2.75) is 9.92 Å². The monoisotopic (exact) mass is 421 g/mol. The van der Waals surface area contributed by atoms with Crippen LogP contribution in [0.1, 0.15) is 0 Å². The Morgan fingerprint density at radius 2 is 1.85 bits per heavy atom. The van der Waals surface area contributed by atoms with Crippen molar-refractivity contribution < 1.29 is 60.8 Å². The van der Waals surface area contributed by atoms with E-state index >= 15 is 0 Å². The van der Waals surface area contributed by atoms with Gasteiger partial charge in [0.2, 0.25) is 0 Å². The van der Waals surface area contributed by atoms with Gasteiger partial charge in [-0.3, -0.25) is 9.55 Å². The Balaban J connectivity index is 0.00000210. The SMILES string of the molecule is CP(=O)([O-])c1nccn1-c1ccc(Sc2cccc3cccnc23)nn1.[K+]. The molecule has 0 radical (unpaired) electrons.